The molecule has 2 N–H and O–H groups in total. The molecule has 5 rings (SSSR count). The van der Waals surface area contributed by atoms with Gasteiger partial charge in [0.15, 0.2) is 5.01 Å². The Balaban J connectivity index is 1.39. The fraction of sp³-hybridized carbons (Fsp3) is 0.429. The van der Waals surface area contributed by atoms with Crippen molar-refractivity contribution in [2.75, 3.05) is 11.9 Å². The molecule has 2 aromatic heterocycles. The molecule has 0 aliphatic carbocycles. The van der Waals surface area contributed by atoms with Gasteiger partial charge in [-0.3, -0.25) is 4.79 Å². The number of aromatic hydroxyl groups is 1. The van der Waals surface area contributed by atoms with E-state index in [2.05, 4.69) is 20.5 Å². The van der Waals surface area contributed by atoms with Crippen LogP contribution in [0.15, 0.2) is 35.4 Å². The first-order chi connectivity index (χ1) is 14.9. The fourth-order valence-electron chi connectivity index (χ4n) is 4.45. The second-order valence-electron chi connectivity index (χ2n) is 8.25. The second-order valence-corrected chi connectivity index (χ2v) is 9.21. The Morgan fingerprint density at radius 2 is 2.13 bits per heavy atom. The van der Waals surface area contributed by atoms with Gasteiger partial charge in [0.2, 0.25) is 5.13 Å². The highest BCUT2D eigenvalue weighted by Crippen LogP contribution is 2.38. The lowest BCUT2D eigenvalue weighted by Gasteiger charge is -2.38. The molecule has 0 saturated carbocycles. The van der Waals surface area contributed by atoms with Crippen LogP contribution in [0.25, 0.3) is 21.8 Å². The summed E-state index contributed by atoms with van der Waals surface area (Å²) in [5, 5.41) is 23.6. The van der Waals surface area contributed by atoms with Gasteiger partial charge in [-0.15, -0.1) is 10.2 Å². The minimum atomic E-state index is -0.949. The summed E-state index contributed by atoms with van der Waals surface area (Å²) in [4.78, 5) is 18.0. The number of rotatable bonds is 4. The van der Waals surface area contributed by atoms with E-state index in [4.69, 9.17) is 0 Å². The van der Waals surface area contributed by atoms with Crippen molar-refractivity contribution in [3.63, 3.8) is 0 Å². The molecule has 162 valence electrons. The Morgan fingerprint density at radius 3 is 2.90 bits per heavy atom. The van der Waals surface area contributed by atoms with E-state index in [-0.39, 0.29) is 23.4 Å². The average molecular weight is 443 g/mol. The van der Waals surface area contributed by atoms with Crippen molar-refractivity contribution in [3.8, 4) is 27.6 Å². The van der Waals surface area contributed by atoms with Crippen molar-refractivity contribution in [2.45, 2.75) is 43.6 Å². The average Bonchev–Trinajstić information content (AvgIpc) is 3.40. The number of phenols is 1. The lowest BCUT2D eigenvalue weighted by atomic mass is 9.97. The number of hydrogen-bond donors (Lipinski definition) is 2. The van der Waals surface area contributed by atoms with E-state index in [0.29, 0.717) is 33.0 Å². The molecule has 0 amide bonds. The van der Waals surface area contributed by atoms with Gasteiger partial charge in [0, 0.05) is 37.8 Å². The molecule has 3 aromatic rings. The van der Waals surface area contributed by atoms with E-state index in [9.17, 15) is 14.3 Å². The Bertz CT molecular complexity index is 1180. The smallest absolute Gasteiger partial charge is 0.253 e. The molecule has 2 aliphatic rings. The molecule has 0 radical (unpaired) electrons. The molecular formula is C21H23FN6O2S. The first-order valence-electron chi connectivity index (χ1n) is 10.2. The van der Waals surface area contributed by atoms with E-state index in [1.54, 1.807) is 25.2 Å². The first-order valence-corrected chi connectivity index (χ1v) is 11.1. The Kier molecular flexibility index (Phi) is 4.98. The number of anilines is 1. The van der Waals surface area contributed by atoms with Crippen LogP contribution in [0.4, 0.5) is 9.52 Å². The molecule has 2 fully saturated rings. The third-order valence-corrected chi connectivity index (χ3v) is 7.32. The van der Waals surface area contributed by atoms with E-state index in [0.717, 1.165) is 19.3 Å². The van der Waals surface area contributed by atoms with Gasteiger partial charge in [-0.2, -0.15) is 0 Å². The van der Waals surface area contributed by atoms with Gasteiger partial charge in [0.25, 0.3) is 5.56 Å². The van der Waals surface area contributed by atoms with Crippen molar-refractivity contribution in [1.29, 1.82) is 0 Å². The maximum Gasteiger partial charge on any atom is 0.253 e. The third-order valence-electron chi connectivity index (χ3n) is 6.27. The van der Waals surface area contributed by atoms with E-state index >= 15 is 0 Å². The maximum atomic E-state index is 14.9. The Labute approximate surface area is 182 Å². The summed E-state index contributed by atoms with van der Waals surface area (Å²) in [5.41, 5.74) is 1.47. The predicted octanol–water partition coefficient (Wildman–Crippen LogP) is 2.34. The zero-order valence-electron chi connectivity index (χ0n) is 17.2. The van der Waals surface area contributed by atoms with Gasteiger partial charge in [0.1, 0.15) is 11.9 Å². The Morgan fingerprint density at radius 1 is 1.29 bits per heavy atom. The van der Waals surface area contributed by atoms with Crippen molar-refractivity contribution in [1.82, 2.24) is 25.1 Å². The van der Waals surface area contributed by atoms with Crippen LogP contribution in [-0.2, 0) is 7.05 Å². The van der Waals surface area contributed by atoms with E-state index < -0.39 is 6.17 Å². The van der Waals surface area contributed by atoms with Crippen LogP contribution in [-0.4, -0.2) is 56.2 Å². The number of halogens is 1. The molecular weight excluding hydrogens is 419 g/mol. The number of hydrogen-bond acceptors (Lipinski definition) is 8. The Hall–Kier alpha value is -2.85. The highest BCUT2D eigenvalue weighted by molar-refractivity contribution is 7.18. The number of benzene rings is 1. The highest BCUT2D eigenvalue weighted by atomic mass is 32.1. The first kappa shape index (κ1) is 20.1. The number of alkyl halides is 1. The minimum absolute atomic E-state index is 0.0219. The zero-order valence-corrected chi connectivity index (χ0v) is 18.0. The predicted molar refractivity (Wildman–Crippen MR) is 117 cm³/mol. The largest absolute Gasteiger partial charge is 0.507 e. The van der Waals surface area contributed by atoms with Crippen LogP contribution in [0, 0.1) is 0 Å². The maximum absolute atomic E-state index is 14.9. The molecule has 1 aromatic carbocycles. The summed E-state index contributed by atoms with van der Waals surface area (Å²) in [6.45, 7) is 0. The minimum Gasteiger partial charge on any atom is -0.507 e. The number of nitrogens with zero attached hydrogens (tertiary/aromatic N) is 5. The quantitative estimate of drug-likeness (QED) is 0.640. The van der Waals surface area contributed by atoms with Gasteiger partial charge < -0.3 is 19.9 Å². The molecule has 0 spiro atoms. The topological polar surface area (TPSA) is 96.2 Å². The number of aromatic nitrogens is 4. The lowest BCUT2D eigenvalue weighted by molar-refractivity contribution is 0.176. The van der Waals surface area contributed by atoms with Gasteiger partial charge in [-0.25, -0.2) is 9.37 Å². The van der Waals surface area contributed by atoms with Gasteiger partial charge in [-0.1, -0.05) is 17.4 Å². The van der Waals surface area contributed by atoms with E-state index in [1.807, 2.05) is 11.9 Å². The molecule has 10 heteroatoms. The van der Waals surface area contributed by atoms with Gasteiger partial charge in [-0.05, 0) is 31.4 Å². The monoisotopic (exact) mass is 442 g/mol. The number of nitrogens with one attached hydrogen (secondary N) is 1. The van der Waals surface area contributed by atoms with Crippen LogP contribution in [0.5, 0.6) is 5.75 Å². The normalized spacial score (nSPS) is 25.0. The molecule has 4 heterocycles. The van der Waals surface area contributed by atoms with Crippen molar-refractivity contribution < 1.29 is 9.50 Å². The van der Waals surface area contributed by atoms with Crippen LogP contribution >= 0.6 is 11.3 Å². The summed E-state index contributed by atoms with van der Waals surface area (Å²) in [6, 6.07) is 6.54. The number of fused-ring (bicyclic) bond motifs is 2. The molecule has 4 atom stereocenters. The molecule has 31 heavy (non-hydrogen) atoms. The summed E-state index contributed by atoms with van der Waals surface area (Å²) >= 11 is 1.32. The van der Waals surface area contributed by atoms with Crippen molar-refractivity contribution in [3.05, 3.63) is 40.9 Å². The molecule has 2 aliphatic heterocycles. The second kappa shape index (κ2) is 7.69. The van der Waals surface area contributed by atoms with E-state index in [1.165, 1.54) is 28.3 Å². The van der Waals surface area contributed by atoms with Crippen LogP contribution < -0.4 is 15.8 Å². The SMILES string of the molecule is CN(c1nnc(-c2ccc(-c3cc(=O)n(C)cn3)cc2O)s1)[C@H]1CC2CCC(N2)[C@H]1F. The summed E-state index contributed by atoms with van der Waals surface area (Å²) < 4.78 is 16.3. The van der Waals surface area contributed by atoms with Crippen molar-refractivity contribution in [2.24, 2.45) is 7.05 Å². The molecule has 8 nitrogen and oxygen atoms in total. The lowest BCUT2D eigenvalue weighted by Crippen LogP contribution is -2.55. The zero-order chi connectivity index (χ0) is 21.7. The van der Waals surface area contributed by atoms with Crippen LogP contribution in [0.2, 0.25) is 0 Å². The standard InChI is InChI=1S/C21H23FN6O2S/c1-27-10-23-15(9-18(27)30)11-3-5-13(17(29)7-11)20-25-26-21(31-20)28(2)16-8-12-4-6-14(24-12)19(16)22/h3,5,7,9-10,12,14,16,19,24,29H,4,6,8H2,1-2H3/t12?,14?,16-,19+/m0/s1. The highest BCUT2D eigenvalue weighted by Gasteiger charge is 2.44. The van der Waals surface area contributed by atoms with Gasteiger partial charge >= 0.3 is 0 Å². The number of aryl methyl sites for hydroxylation is 1. The number of phenolic OH excluding ortho intramolecular Hbond substituents is 1. The van der Waals surface area contributed by atoms with Gasteiger partial charge in [0.05, 0.1) is 23.6 Å². The van der Waals surface area contributed by atoms with Crippen LogP contribution in [0.1, 0.15) is 19.3 Å². The summed E-state index contributed by atoms with van der Waals surface area (Å²) in [7, 11) is 3.49. The third kappa shape index (κ3) is 3.59. The molecule has 2 saturated heterocycles. The molecule has 2 unspecified atom stereocenters. The molecule has 2 bridgehead atoms. The summed E-state index contributed by atoms with van der Waals surface area (Å²) in [5.74, 6) is 0.0219. The fourth-order valence-corrected chi connectivity index (χ4v) is 5.35. The summed E-state index contributed by atoms with van der Waals surface area (Å²) in [6.07, 6.45) is 3.13. The number of piperidine rings is 1. The van der Waals surface area contributed by atoms with Crippen molar-refractivity contribution >= 4 is 16.5 Å². The van der Waals surface area contributed by atoms with Crippen LogP contribution in [0.3, 0.4) is 0 Å².